The van der Waals surface area contributed by atoms with E-state index in [1.807, 2.05) is 12.3 Å². The third kappa shape index (κ3) is 3.18. The summed E-state index contributed by atoms with van der Waals surface area (Å²) in [6, 6.07) is 0. The molecule has 7 nitrogen and oxygen atoms in total. The lowest BCUT2D eigenvalue weighted by Gasteiger charge is -2.13. The molecular formula is C17H24N4O3S. The second kappa shape index (κ2) is 7.01. The van der Waals surface area contributed by atoms with Gasteiger partial charge in [0, 0.05) is 25.1 Å². The molecule has 4 rings (SSSR count). The number of ether oxygens (including phenoxy) is 2. The summed E-state index contributed by atoms with van der Waals surface area (Å²) < 4.78 is 14.7. The highest BCUT2D eigenvalue weighted by molar-refractivity contribution is 7.09. The Morgan fingerprint density at radius 2 is 2.20 bits per heavy atom. The van der Waals surface area contributed by atoms with Crippen LogP contribution < -0.4 is 5.69 Å². The van der Waals surface area contributed by atoms with Crippen molar-refractivity contribution in [2.75, 3.05) is 13.2 Å². The summed E-state index contributed by atoms with van der Waals surface area (Å²) in [6.07, 6.45) is 3.15. The molecule has 8 heteroatoms. The highest BCUT2D eigenvalue weighted by atomic mass is 32.1. The Balaban J connectivity index is 1.58. The Kier molecular flexibility index (Phi) is 4.75. The minimum Gasteiger partial charge on any atom is -0.371 e. The van der Waals surface area contributed by atoms with E-state index in [2.05, 4.69) is 17.0 Å². The number of hydrogen-bond acceptors (Lipinski definition) is 6. The highest BCUT2D eigenvalue weighted by Crippen LogP contribution is 2.33. The van der Waals surface area contributed by atoms with Crippen molar-refractivity contribution in [1.29, 1.82) is 0 Å². The van der Waals surface area contributed by atoms with Gasteiger partial charge >= 0.3 is 5.69 Å². The van der Waals surface area contributed by atoms with Crippen LogP contribution in [0.4, 0.5) is 0 Å². The largest absolute Gasteiger partial charge is 0.371 e. The normalized spacial score (nSPS) is 26.6. The zero-order chi connectivity index (χ0) is 17.4. The lowest BCUT2D eigenvalue weighted by Crippen LogP contribution is -2.26. The highest BCUT2D eigenvalue weighted by Gasteiger charge is 2.31. The Bertz CT molecular complexity index is 790. The van der Waals surface area contributed by atoms with Crippen LogP contribution in [0.25, 0.3) is 0 Å². The summed E-state index contributed by atoms with van der Waals surface area (Å²) in [7, 11) is 0. The summed E-state index contributed by atoms with van der Waals surface area (Å²) in [5.41, 5.74) is 0.775. The van der Waals surface area contributed by atoms with E-state index in [4.69, 9.17) is 9.47 Å². The zero-order valence-electron chi connectivity index (χ0n) is 14.7. The van der Waals surface area contributed by atoms with E-state index in [9.17, 15) is 4.79 Å². The van der Waals surface area contributed by atoms with Gasteiger partial charge in [0.25, 0.3) is 0 Å². The smallest absolute Gasteiger partial charge is 0.346 e. The minimum atomic E-state index is -0.0909. The molecule has 0 spiro atoms. The number of rotatable bonds is 5. The van der Waals surface area contributed by atoms with E-state index in [0.717, 1.165) is 49.0 Å². The molecule has 2 aromatic heterocycles. The molecule has 136 valence electrons. The fraction of sp³-hybridized carbons (Fsp3) is 0.706. The van der Waals surface area contributed by atoms with Gasteiger partial charge in [-0.05, 0) is 32.1 Å². The quantitative estimate of drug-likeness (QED) is 0.815. The third-order valence-corrected chi connectivity index (χ3v) is 5.98. The summed E-state index contributed by atoms with van der Waals surface area (Å²) in [5.74, 6) is 1.12. The molecule has 0 saturated carbocycles. The van der Waals surface area contributed by atoms with E-state index >= 15 is 0 Å². The number of thiazole rings is 1. The van der Waals surface area contributed by atoms with Crippen LogP contribution >= 0.6 is 11.3 Å². The van der Waals surface area contributed by atoms with Gasteiger partial charge in [-0.25, -0.2) is 14.5 Å². The molecule has 2 fully saturated rings. The Labute approximate surface area is 150 Å². The lowest BCUT2D eigenvalue weighted by atomic mass is 10.0. The maximum absolute atomic E-state index is 12.7. The van der Waals surface area contributed by atoms with E-state index in [-0.39, 0.29) is 17.9 Å². The van der Waals surface area contributed by atoms with Gasteiger partial charge in [-0.15, -0.1) is 11.3 Å². The number of nitrogens with zero attached hydrogens (tertiary/aromatic N) is 4. The maximum atomic E-state index is 12.7. The van der Waals surface area contributed by atoms with Crippen LogP contribution in [0.1, 0.15) is 61.8 Å². The van der Waals surface area contributed by atoms with Crippen LogP contribution in [-0.4, -0.2) is 32.5 Å². The van der Waals surface area contributed by atoms with Crippen LogP contribution in [0.5, 0.6) is 0 Å². The molecule has 2 aromatic rings. The Morgan fingerprint density at radius 1 is 1.32 bits per heavy atom. The Hall–Kier alpha value is -1.51. The standard InChI is InChI=1S/C17H24N4O3S/c1-3-20-15(14-11(2)6-8-24-14)19-21(17(20)22)9-12-10-25-16(18-12)13-5-4-7-23-13/h10-11,13-14H,3-9H2,1-2H3/t11-,13-,14+/m1/s1. The van der Waals surface area contributed by atoms with Crippen molar-refractivity contribution in [1.82, 2.24) is 19.3 Å². The van der Waals surface area contributed by atoms with E-state index in [0.29, 0.717) is 19.0 Å². The molecular weight excluding hydrogens is 340 g/mol. The van der Waals surface area contributed by atoms with Gasteiger partial charge in [-0.1, -0.05) is 6.92 Å². The summed E-state index contributed by atoms with van der Waals surface area (Å²) >= 11 is 1.60. The van der Waals surface area contributed by atoms with Gasteiger partial charge in [-0.3, -0.25) is 4.57 Å². The van der Waals surface area contributed by atoms with Crippen LogP contribution in [0.2, 0.25) is 0 Å². The van der Waals surface area contributed by atoms with E-state index in [1.165, 1.54) is 4.68 Å². The van der Waals surface area contributed by atoms with Crippen molar-refractivity contribution >= 4 is 11.3 Å². The Morgan fingerprint density at radius 3 is 2.88 bits per heavy atom. The molecule has 2 aliphatic heterocycles. The van der Waals surface area contributed by atoms with Crippen LogP contribution in [0, 0.1) is 5.92 Å². The second-order valence-corrected chi connectivity index (χ2v) is 7.67. The molecule has 0 N–H and O–H groups in total. The SMILES string of the molecule is CCn1c([C@H]2OCC[C@H]2C)nn(Cc2csc([C@H]3CCCO3)n2)c1=O. The maximum Gasteiger partial charge on any atom is 0.346 e. The van der Waals surface area contributed by atoms with Gasteiger partial charge in [0.05, 0.1) is 12.2 Å². The van der Waals surface area contributed by atoms with Crippen molar-refractivity contribution in [3.8, 4) is 0 Å². The van der Waals surface area contributed by atoms with Gasteiger partial charge < -0.3 is 9.47 Å². The van der Waals surface area contributed by atoms with E-state index < -0.39 is 0 Å². The molecule has 0 amide bonds. The molecule has 0 aliphatic carbocycles. The predicted octanol–water partition coefficient (Wildman–Crippen LogP) is 2.52. The van der Waals surface area contributed by atoms with Crippen LogP contribution in [0.15, 0.2) is 10.2 Å². The second-order valence-electron chi connectivity index (χ2n) is 6.78. The molecule has 0 aromatic carbocycles. The molecule has 0 bridgehead atoms. The molecule has 3 atom stereocenters. The van der Waals surface area contributed by atoms with Gasteiger partial charge in [0.1, 0.15) is 17.2 Å². The van der Waals surface area contributed by atoms with Crippen LogP contribution in [-0.2, 0) is 22.6 Å². The summed E-state index contributed by atoms with van der Waals surface area (Å²) in [6.45, 7) is 6.64. The van der Waals surface area contributed by atoms with Gasteiger partial charge in [-0.2, -0.15) is 5.10 Å². The molecule has 4 heterocycles. The monoisotopic (exact) mass is 364 g/mol. The van der Waals surface area contributed by atoms with E-state index in [1.54, 1.807) is 15.9 Å². The van der Waals surface area contributed by atoms with Crippen molar-refractivity contribution in [2.45, 2.75) is 58.4 Å². The first-order valence-electron chi connectivity index (χ1n) is 9.02. The first-order chi connectivity index (χ1) is 12.2. The van der Waals surface area contributed by atoms with Gasteiger partial charge in [0.2, 0.25) is 0 Å². The number of aromatic nitrogens is 4. The topological polar surface area (TPSA) is 71.2 Å². The molecule has 2 saturated heterocycles. The predicted molar refractivity (Wildman–Crippen MR) is 93.8 cm³/mol. The fourth-order valence-electron chi connectivity index (χ4n) is 3.56. The average molecular weight is 364 g/mol. The van der Waals surface area contributed by atoms with Crippen molar-refractivity contribution in [2.24, 2.45) is 5.92 Å². The van der Waals surface area contributed by atoms with Crippen LogP contribution in [0.3, 0.4) is 0 Å². The summed E-state index contributed by atoms with van der Waals surface area (Å²) in [5, 5.41) is 7.60. The third-order valence-electron chi connectivity index (χ3n) is 5.00. The molecule has 25 heavy (non-hydrogen) atoms. The van der Waals surface area contributed by atoms with Crippen molar-refractivity contribution < 1.29 is 9.47 Å². The first-order valence-corrected chi connectivity index (χ1v) is 9.90. The molecule has 0 unspecified atom stereocenters. The van der Waals surface area contributed by atoms with Crippen molar-refractivity contribution in [3.05, 3.63) is 32.4 Å². The first kappa shape index (κ1) is 16.9. The molecule has 2 aliphatic rings. The van der Waals surface area contributed by atoms with Gasteiger partial charge in [0.15, 0.2) is 5.82 Å². The average Bonchev–Trinajstić information content (AvgIpc) is 3.36. The lowest BCUT2D eigenvalue weighted by molar-refractivity contribution is 0.0836. The minimum absolute atomic E-state index is 0.0909. The summed E-state index contributed by atoms with van der Waals surface area (Å²) in [4.78, 5) is 17.4. The fourth-order valence-corrected chi connectivity index (χ4v) is 4.45. The molecule has 0 radical (unpaired) electrons. The number of hydrogen-bond donors (Lipinski definition) is 0. The zero-order valence-corrected chi connectivity index (χ0v) is 15.5. The van der Waals surface area contributed by atoms with Crippen molar-refractivity contribution in [3.63, 3.8) is 0 Å².